The summed E-state index contributed by atoms with van der Waals surface area (Å²) in [4.78, 5) is 8.11. The lowest BCUT2D eigenvalue weighted by Crippen LogP contribution is -1.86. The second-order valence-corrected chi connectivity index (χ2v) is 2.43. The Balaban J connectivity index is 2.43. The van der Waals surface area contributed by atoms with Crippen molar-refractivity contribution in [2.75, 3.05) is 0 Å². The Kier molecular flexibility index (Phi) is 1.59. The summed E-state index contributed by atoms with van der Waals surface area (Å²) in [6.07, 6.45) is 6.69. The second kappa shape index (κ2) is 2.73. The molecule has 2 aromatic rings. The van der Waals surface area contributed by atoms with Gasteiger partial charge in [-0.05, 0) is 6.92 Å². The quantitative estimate of drug-likeness (QED) is 0.635. The molecule has 2 aromatic heterocycles. The molecular weight excluding hydrogens is 154 g/mol. The summed E-state index contributed by atoms with van der Waals surface area (Å²) in [5, 5.41) is 3.59. The van der Waals surface area contributed by atoms with E-state index in [2.05, 4.69) is 15.1 Å². The van der Waals surface area contributed by atoms with Gasteiger partial charge in [-0.3, -0.25) is 0 Å². The van der Waals surface area contributed by atoms with Crippen LogP contribution in [0.15, 0.2) is 29.4 Å². The highest BCUT2D eigenvalue weighted by atomic mass is 16.5. The fraction of sp³-hybridized carbons (Fsp3) is 0.125. The van der Waals surface area contributed by atoms with Crippen molar-refractivity contribution in [2.45, 2.75) is 6.92 Å². The fourth-order valence-corrected chi connectivity index (χ4v) is 0.889. The Bertz CT molecular complexity index is 352. The molecule has 0 bridgehead atoms. The Labute approximate surface area is 69.3 Å². The van der Waals surface area contributed by atoms with E-state index in [9.17, 15) is 0 Å². The molecular formula is C8H7N3O. The lowest BCUT2D eigenvalue weighted by Gasteiger charge is -1.93. The highest BCUT2D eigenvalue weighted by Crippen LogP contribution is 2.15. The summed E-state index contributed by atoms with van der Waals surface area (Å²) in [7, 11) is 0. The van der Waals surface area contributed by atoms with Gasteiger partial charge in [0.15, 0.2) is 0 Å². The van der Waals surface area contributed by atoms with Gasteiger partial charge >= 0.3 is 0 Å². The molecule has 0 N–H and O–H groups in total. The first-order chi connectivity index (χ1) is 5.86. The van der Waals surface area contributed by atoms with E-state index in [-0.39, 0.29) is 0 Å². The van der Waals surface area contributed by atoms with Gasteiger partial charge in [0.25, 0.3) is 0 Å². The number of rotatable bonds is 1. The van der Waals surface area contributed by atoms with Crippen molar-refractivity contribution >= 4 is 0 Å². The predicted molar refractivity (Wildman–Crippen MR) is 42.3 cm³/mol. The highest BCUT2D eigenvalue weighted by molar-refractivity contribution is 5.58. The minimum Gasteiger partial charge on any atom is -0.364 e. The van der Waals surface area contributed by atoms with Gasteiger partial charge in [-0.25, -0.2) is 9.97 Å². The Morgan fingerprint density at radius 2 is 1.83 bits per heavy atom. The molecule has 4 heteroatoms. The molecule has 0 saturated heterocycles. The van der Waals surface area contributed by atoms with Crippen LogP contribution in [0.25, 0.3) is 11.1 Å². The van der Waals surface area contributed by atoms with Gasteiger partial charge in [0.2, 0.25) is 0 Å². The van der Waals surface area contributed by atoms with Gasteiger partial charge in [0, 0.05) is 23.5 Å². The molecule has 0 aromatic carbocycles. The molecule has 4 nitrogen and oxygen atoms in total. The molecule has 0 atom stereocenters. The number of aromatic nitrogens is 3. The van der Waals surface area contributed by atoms with Crippen LogP contribution in [0.3, 0.4) is 0 Å². The molecule has 2 heterocycles. The van der Waals surface area contributed by atoms with E-state index in [1.807, 2.05) is 6.92 Å². The maximum atomic E-state index is 4.69. The standard InChI is InChI=1S/C8H7N3O/c1-6-9-2-7(3-10-6)8-4-11-12-5-8/h2-5H,1H3. The number of hydrogen-bond acceptors (Lipinski definition) is 4. The van der Waals surface area contributed by atoms with Crippen LogP contribution in [0.2, 0.25) is 0 Å². The highest BCUT2D eigenvalue weighted by Gasteiger charge is 1.99. The molecule has 0 fully saturated rings. The molecule has 0 spiro atoms. The van der Waals surface area contributed by atoms with E-state index in [1.54, 1.807) is 24.9 Å². The van der Waals surface area contributed by atoms with Crippen molar-refractivity contribution in [1.29, 1.82) is 0 Å². The molecule has 12 heavy (non-hydrogen) atoms. The summed E-state index contributed by atoms with van der Waals surface area (Å²) in [6, 6.07) is 0. The summed E-state index contributed by atoms with van der Waals surface area (Å²) in [5.41, 5.74) is 1.82. The lowest BCUT2D eigenvalue weighted by molar-refractivity contribution is 0.420. The summed E-state index contributed by atoms with van der Waals surface area (Å²) in [5.74, 6) is 0.759. The number of nitrogens with zero attached hydrogens (tertiary/aromatic N) is 3. The molecule has 60 valence electrons. The third-order valence-corrected chi connectivity index (χ3v) is 1.55. The van der Waals surface area contributed by atoms with E-state index in [4.69, 9.17) is 4.52 Å². The number of hydrogen-bond donors (Lipinski definition) is 0. The molecule has 0 aliphatic heterocycles. The van der Waals surface area contributed by atoms with Crippen LogP contribution in [0.5, 0.6) is 0 Å². The first kappa shape index (κ1) is 6.97. The van der Waals surface area contributed by atoms with Crippen molar-refractivity contribution in [3.8, 4) is 11.1 Å². The second-order valence-electron chi connectivity index (χ2n) is 2.43. The first-order valence-electron chi connectivity index (χ1n) is 3.54. The summed E-state index contributed by atoms with van der Waals surface area (Å²) < 4.78 is 4.69. The smallest absolute Gasteiger partial charge is 0.131 e. The molecule has 0 radical (unpaired) electrons. The molecule has 0 unspecified atom stereocenters. The van der Waals surface area contributed by atoms with Crippen LogP contribution in [-0.4, -0.2) is 15.1 Å². The average molecular weight is 161 g/mol. The summed E-state index contributed by atoms with van der Waals surface area (Å²) in [6.45, 7) is 1.84. The van der Waals surface area contributed by atoms with Crippen LogP contribution < -0.4 is 0 Å². The monoisotopic (exact) mass is 161 g/mol. The lowest BCUT2D eigenvalue weighted by atomic mass is 10.2. The topological polar surface area (TPSA) is 51.8 Å². The van der Waals surface area contributed by atoms with Crippen LogP contribution in [0, 0.1) is 6.92 Å². The third-order valence-electron chi connectivity index (χ3n) is 1.55. The van der Waals surface area contributed by atoms with Crippen molar-refractivity contribution in [1.82, 2.24) is 15.1 Å². The van der Waals surface area contributed by atoms with Crippen LogP contribution in [0.4, 0.5) is 0 Å². The zero-order valence-corrected chi connectivity index (χ0v) is 6.56. The van der Waals surface area contributed by atoms with Crippen LogP contribution in [-0.2, 0) is 0 Å². The van der Waals surface area contributed by atoms with Gasteiger partial charge in [0.05, 0.1) is 6.20 Å². The van der Waals surface area contributed by atoms with Gasteiger partial charge in [-0.1, -0.05) is 5.16 Å². The van der Waals surface area contributed by atoms with E-state index in [0.29, 0.717) is 0 Å². The maximum Gasteiger partial charge on any atom is 0.131 e. The Morgan fingerprint density at radius 1 is 1.08 bits per heavy atom. The normalized spacial score (nSPS) is 10.1. The molecule has 0 amide bonds. The third kappa shape index (κ3) is 1.18. The van der Waals surface area contributed by atoms with Crippen molar-refractivity contribution < 1.29 is 4.52 Å². The van der Waals surface area contributed by atoms with Crippen molar-refractivity contribution in [2.24, 2.45) is 0 Å². The van der Waals surface area contributed by atoms with E-state index in [1.165, 1.54) is 0 Å². The zero-order chi connectivity index (χ0) is 8.39. The Morgan fingerprint density at radius 3 is 2.42 bits per heavy atom. The largest absolute Gasteiger partial charge is 0.364 e. The zero-order valence-electron chi connectivity index (χ0n) is 6.56. The average Bonchev–Trinajstić information content (AvgIpc) is 2.58. The van der Waals surface area contributed by atoms with Gasteiger partial charge < -0.3 is 4.52 Å². The molecule has 0 aliphatic rings. The minimum atomic E-state index is 0.759. The predicted octanol–water partition coefficient (Wildman–Crippen LogP) is 1.44. The molecule has 0 aliphatic carbocycles. The van der Waals surface area contributed by atoms with E-state index >= 15 is 0 Å². The Hall–Kier alpha value is -1.71. The van der Waals surface area contributed by atoms with Crippen LogP contribution in [0.1, 0.15) is 5.82 Å². The first-order valence-corrected chi connectivity index (χ1v) is 3.54. The fourth-order valence-electron chi connectivity index (χ4n) is 0.889. The molecule has 0 saturated carbocycles. The van der Waals surface area contributed by atoms with E-state index in [0.717, 1.165) is 17.0 Å². The van der Waals surface area contributed by atoms with Crippen LogP contribution >= 0.6 is 0 Å². The van der Waals surface area contributed by atoms with Crippen molar-refractivity contribution in [3.05, 3.63) is 30.7 Å². The SMILES string of the molecule is Cc1ncc(-c2cnoc2)cn1. The van der Waals surface area contributed by atoms with Gasteiger partial charge in [-0.15, -0.1) is 0 Å². The maximum absolute atomic E-state index is 4.69. The number of aryl methyl sites for hydroxylation is 1. The van der Waals surface area contributed by atoms with E-state index < -0.39 is 0 Å². The summed E-state index contributed by atoms with van der Waals surface area (Å²) >= 11 is 0. The van der Waals surface area contributed by atoms with Crippen molar-refractivity contribution in [3.63, 3.8) is 0 Å². The van der Waals surface area contributed by atoms with Gasteiger partial charge in [0.1, 0.15) is 12.1 Å². The molecule has 2 rings (SSSR count). The van der Waals surface area contributed by atoms with Gasteiger partial charge in [-0.2, -0.15) is 0 Å². The minimum absolute atomic E-state index is 0.759.